The van der Waals surface area contributed by atoms with Crippen molar-refractivity contribution >= 4 is 11.6 Å². The molecule has 0 N–H and O–H groups in total. The monoisotopic (exact) mass is 373 g/mol. The zero-order valence-corrected chi connectivity index (χ0v) is 15.3. The molecule has 3 heterocycles. The van der Waals surface area contributed by atoms with Crippen LogP contribution in [0.15, 0.2) is 39.4 Å². The minimum absolute atomic E-state index is 0.594. The van der Waals surface area contributed by atoms with Crippen LogP contribution >= 0.6 is 11.6 Å². The zero-order valence-electron chi connectivity index (χ0n) is 14.6. The van der Waals surface area contributed by atoms with E-state index in [0.717, 1.165) is 49.7 Å². The molecule has 1 aliphatic rings. The third-order valence-corrected chi connectivity index (χ3v) is 4.71. The summed E-state index contributed by atoms with van der Waals surface area (Å²) in [7, 11) is 0. The SMILES string of the molecule is Cc1cc(CN2CCN(Cc3nc(-c4ccc(Cl)cc4)no3)CC2)no1. The summed E-state index contributed by atoms with van der Waals surface area (Å²) >= 11 is 5.91. The normalized spacial score (nSPS) is 16.2. The molecule has 1 saturated heterocycles. The average molecular weight is 374 g/mol. The van der Waals surface area contributed by atoms with Crippen LogP contribution < -0.4 is 0 Å². The number of aryl methyl sites for hydroxylation is 1. The number of rotatable bonds is 5. The summed E-state index contributed by atoms with van der Waals surface area (Å²) in [5.74, 6) is 2.08. The van der Waals surface area contributed by atoms with Crippen LogP contribution in [-0.2, 0) is 13.1 Å². The molecule has 0 atom stereocenters. The van der Waals surface area contributed by atoms with Crippen LogP contribution in [0.25, 0.3) is 11.4 Å². The number of aromatic nitrogens is 3. The molecule has 4 rings (SSSR count). The predicted molar refractivity (Wildman–Crippen MR) is 96.5 cm³/mol. The number of nitrogens with zero attached hydrogens (tertiary/aromatic N) is 5. The standard InChI is InChI=1S/C18H20ClN5O2/c1-13-10-16(21-25-13)11-23-6-8-24(9-7-23)12-17-20-18(22-26-17)14-2-4-15(19)5-3-14/h2-5,10H,6-9,11-12H2,1H3. The Bertz CT molecular complexity index is 853. The van der Waals surface area contributed by atoms with Gasteiger partial charge in [0.05, 0.1) is 12.2 Å². The molecule has 0 bridgehead atoms. The van der Waals surface area contributed by atoms with Crippen LogP contribution in [0.1, 0.15) is 17.3 Å². The van der Waals surface area contributed by atoms with Crippen LogP contribution in [0.3, 0.4) is 0 Å². The van der Waals surface area contributed by atoms with Gasteiger partial charge in [0.2, 0.25) is 11.7 Å². The van der Waals surface area contributed by atoms with Gasteiger partial charge in [-0.25, -0.2) is 0 Å². The van der Waals surface area contributed by atoms with E-state index in [-0.39, 0.29) is 0 Å². The highest BCUT2D eigenvalue weighted by atomic mass is 35.5. The first-order valence-corrected chi connectivity index (χ1v) is 8.99. The van der Waals surface area contributed by atoms with Crippen molar-refractivity contribution in [3.63, 3.8) is 0 Å². The predicted octanol–water partition coefficient (Wildman–Crippen LogP) is 3.00. The Labute approximate surface area is 156 Å². The fourth-order valence-corrected chi connectivity index (χ4v) is 3.18. The third kappa shape index (κ3) is 4.12. The molecule has 0 amide bonds. The summed E-state index contributed by atoms with van der Waals surface area (Å²) in [6.45, 7) is 7.26. The number of hydrogen-bond acceptors (Lipinski definition) is 7. The van der Waals surface area contributed by atoms with Crippen molar-refractivity contribution in [2.45, 2.75) is 20.0 Å². The lowest BCUT2D eigenvalue weighted by molar-refractivity contribution is 0.110. The molecule has 0 aliphatic carbocycles. The first-order valence-electron chi connectivity index (χ1n) is 8.61. The maximum Gasteiger partial charge on any atom is 0.241 e. The lowest BCUT2D eigenvalue weighted by Crippen LogP contribution is -2.45. The minimum atomic E-state index is 0.594. The first-order chi connectivity index (χ1) is 12.7. The highest BCUT2D eigenvalue weighted by molar-refractivity contribution is 6.30. The molecular weight excluding hydrogens is 354 g/mol. The highest BCUT2D eigenvalue weighted by Gasteiger charge is 2.20. The smallest absolute Gasteiger partial charge is 0.241 e. The van der Waals surface area contributed by atoms with Gasteiger partial charge in [0.1, 0.15) is 5.76 Å². The number of hydrogen-bond donors (Lipinski definition) is 0. The van der Waals surface area contributed by atoms with E-state index < -0.39 is 0 Å². The quantitative estimate of drug-likeness (QED) is 0.680. The second kappa shape index (κ2) is 7.57. The molecule has 0 radical (unpaired) electrons. The Hall–Kier alpha value is -2.22. The second-order valence-electron chi connectivity index (χ2n) is 6.50. The summed E-state index contributed by atoms with van der Waals surface area (Å²) in [5, 5.41) is 8.82. The number of piperazine rings is 1. The van der Waals surface area contributed by atoms with Gasteiger partial charge in [0.25, 0.3) is 0 Å². The summed E-state index contributed by atoms with van der Waals surface area (Å²) in [6.07, 6.45) is 0. The van der Waals surface area contributed by atoms with E-state index in [2.05, 4.69) is 25.1 Å². The summed E-state index contributed by atoms with van der Waals surface area (Å²) in [6, 6.07) is 9.41. The van der Waals surface area contributed by atoms with E-state index in [9.17, 15) is 0 Å². The van der Waals surface area contributed by atoms with E-state index in [1.54, 1.807) is 0 Å². The largest absolute Gasteiger partial charge is 0.361 e. The third-order valence-electron chi connectivity index (χ3n) is 4.46. The molecule has 7 nitrogen and oxygen atoms in total. The van der Waals surface area contributed by atoms with E-state index in [1.807, 2.05) is 37.3 Å². The Balaban J connectivity index is 1.30. The van der Waals surface area contributed by atoms with Crippen LogP contribution in [0.5, 0.6) is 0 Å². The van der Waals surface area contributed by atoms with Crippen molar-refractivity contribution in [1.82, 2.24) is 25.1 Å². The lowest BCUT2D eigenvalue weighted by Gasteiger charge is -2.33. The fourth-order valence-electron chi connectivity index (χ4n) is 3.05. The maximum absolute atomic E-state index is 5.91. The van der Waals surface area contributed by atoms with E-state index in [1.165, 1.54) is 0 Å². The van der Waals surface area contributed by atoms with E-state index >= 15 is 0 Å². The van der Waals surface area contributed by atoms with Gasteiger partial charge in [0.15, 0.2) is 0 Å². The van der Waals surface area contributed by atoms with Crippen LogP contribution in [0.2, 0.25) is 5.02 Å². The fraction of sp³-hybridized carbons (Fsp3) is 0.389. The lowest BCUT2D eigenvalue weighted by atomic mass is 10.2. The molecule has 1 aromatic carbocycles. The molecule has 26 heavy (non-hydrogen) atoms. The van der Waals surface area contributed by atoms with Crippen molar-refractivity contribution < 1.29 is 9.05 Å². The van der Waals surface area contributed by atoms with Crippen LogP contribution in [0, 0.1) is 6.92 Å². The molecule has 2 aromatic heterocycles. The van der Waals surface area contributed by atoms with Gasteiger partial charge in [0, 0.05) is 49.4 Å². The number of halogens is 1. The molecule has 8 heteroatoms. The van der Waals surface area contributed by atoms with Gasteiger partial charge >= 0.3 is 0 Å². The Morgan fingerprint density at radius 2 is 1.65 bits per heavy atom. The second-order valence-corrected chi connectivity index (χ2v) is 6.94. The van der Waals surface area contributed by atoms with E-state index in [0.29, 0.717) is 23.3 Å². The molecule has 3 aromatic rings. The van der Waals surface area contributed by atoms with Crippen molar-refractivity contribution in [3.8, 4) is 11.4 Å². The van der Waals surface area contributed by atoms with Gasteiger partial charge < -0.3 is 9.05 Å². The minimum Gasteiger partial charge on any atom is -0.361 e. The summed E-state index contributed by atoms with van der Waals surface area (Å²) in [5.41, 5.74) is 1.89. The molecule has 0 spiro atoms. The molecule has 0 saturated carbocycles. The van der Waals surface area contributed by atoms with E-state index in [4.69, 9.17) is 20.6 Å². The van der Waals surface area contributed by atoms with Crippen LogP contribution in [-0.4, -0.2) is 51.3 Å². The zero-order chi connectivity index (χ0) is 17.9. The van der Waals surface area contributed by atoms with Crippen molar-refractivity contribution in [2.24, 2.45) is 0 Å². The molecule has 0 unspecified atom stereocenters. The molecule has 1 aliphatic heterocycles. The van der Waals surface area contributed by atoms with Crippen LogP contribution in [0.4, 0.5) is 0 Å². The van der Waals surface area contributed by atoms with Gasteiger partial charge in [-0.2, -0.15) is 4.98 Å². The Kier molecular flexibility index (Phi) is 5.01. The maximum atomic E-state index is 5.91. The number of benzene rings is 1. The van der Waals surface area contributed by atoms with Gasteiger partial charge in [-0.1, -0.05) is 21.9 Å². The molecule has 1 fully saturated rings. The van der Waals surface area contributed by atoms with Gasteiger partial charge in [-0.05, 0) is 31.2 Å². The first kappa shape index (κ1) is 17.2. The molecular formula is C18H20ClN5O2. The Morgan fingerprint density at radius 1 is 0.962 bits per heavy atom. The van der Waals surface area contributed by atoms with Crippen molar-refractivity contribution in [3.05, 3.63) is 52.7 Å². The highest BCUT2D eigenvalue weighted by Crippen LogP contribution is 2.19. The topological polar surface area (TPSA) is 71.4 Å². The van der Waals surface area contributed by atoms with Crippen molar-refractivity contribution in [2.75, 3.05) is 26.2 Å². The average Bonchev–Trinajstić information content (AvgIpc) is 3.26. The van der Waals surface area contributed by atoms with Gasteiger partial charge in [-0.3, -0.25) is 9.80 Å². The summed E-state index contributed by atoms with van der Waals surface area (Å²) < 4.78 is 10.5. The molecule has 136 valence electrons. The summed E-state index contributed by atoms with van der Waals surface area (Å²) in [4.78, 5) is 9.19. The Morgan fingerprint density at radius 3 is 2.31 bits per heavy atom. The van der Waals surface area contributed by atoms with Crippen molar-refractivity contribution in [1.29, 1.82) is 0 Å². The van der Waals surface area contributed by atoms with Gasteiger partial charge in [-0.15, -0.1) is 0 Å².